The maximum absolute atomic E-state index is 12.8. The van der Waals surface area contributed by atoms with E-state index in [0.717, 1.165) is 17.4 Å². The van der Waals surface area contributed by atoms with Crippen LogP contribution in [-0.4, -0.2) is 29.3 Å². The first kappa shape index (κ1) is 16.4. The summed E-state index contributed by atoms with van der Waals surface area (Å²) >= 11 is 0. The van der Waals surface area contributed by atoms with Crippen LogP contribution in [0.3, 0.4) is 0 Å². The zero-order chi connectivity index (χ0) is 18.1. The van der Waals surface area contributed by atoms with Crippen molar-refractivity contribution in [3.05, 3.63) is 60.2 Å². The van der Waals surface area contributed by atoms with Crippen molar-refractivity contribution in [1.82, 2.24) is 10.2 Å². The number of nitrogens with one attached hydrogen (secondary N) is 1. The Labute approximate surface area is 150 Å². The molecule has 1 aliphatic heterocycles. The molecular formula is C20H20N2O4. The highest BCUT2D eigenvalue weighted by molar-refractivity contribution is 5.96. The van der Waals surface area contributed by atoms with Crippen LogP contribution >= 0.6 is 0 Å². The molecule has 0 spiro atoms. The van der Waals surface area contributed by atoms with Gasteiger partial charge in [0.1, 0.15) is 17.4 Å². The van der Waals surface area contributed by atoms with Crippen molar-refractivity contribution in [3.8, 4) is 0 Å². The van der Waals surface area contributed by atoms with Crippen molar-refractivity contribution in [3.63, 3.8) is 0 Å². The predicted molar refractivity (Wildman–Crippen MR) is 95.5 cm³/mol. The lowest BCUT2D eigenvalue weighted by Gasteiger charge is -2.24. The van der Waals surface area contributed by atoms with Crippen LogP contribution in [0.25, 0.3) is 11.0 Å². The van der Waals surface area contributed by atoms with E-state index in [1.807, 2.05) is 37.3 Å². The van der Waals surface area contributed by atoms with Gasteiger partial charge in [-0.15, -0.1) is 0 Å². The third kappa shape index (κ3) is 2.98. The van der Waals surface area contributed by atoms with Crippen molar-refractivity contribution in [2.45, 2.75) is 31.8 Å². The number of carbonyl (C=O) groups is 2. The highest BCUT2D eigenvalue weighted by atomic mass is 16.3. The number of fused-ring (bicyclic) bond motifs is 1. The van der Waals surface area contributed by atoms with Crippen molar-refractivity contribution in [1.29, 1.82) is 0 Å². The summed E-state index contributed by atoms with van der Waals surface area (Å²) in [6, 6.07) is 12.2. The Balaban J connectivity index is 1.47. The molecular weight excluding hydrogens is 332 g/mol. The smallest absolute Gasteiger partial charge is 0.290 e. The molecule has 0 radical (unpaired) electrons. The minimum Gasteiger partial charge on any atom is -0.459 e. The van der Waals surface area contributed by atoms with E-state index in [1.54, 1.807) is 17.0 Å². The van der Waals surface area contributed by atoms with Gasteiger partial charge in [0.2, 0.25) is 5.91 Å². The Morgan fingerprint density at radius 1 is 1.23 bits per heavy atom. The second-order valence-electron chi connectivity index (χ2n) is 6.55. The standard InChI is InChI=1S/C20H20N2O4/c1-13(18-12-14-6-2-3-8-16(14)26-18)21-19(23)15-7-4-10-22(15)20(24)17-9-5-11-25-17/h2-3,5-6,8-9,11-13,15H,4,7,10H2,1H3,(H,21,23)/t13-,15+/m0/s1. The van der Waals surface area contributed by atoms with Gasteiger partial charge in [-0.3, -0.25) is 9.59 Å². The zero-order valence-electron chi connectivity index (χ0n) is 14.5. The third-order valence-electron chi connectivity index (χ3n) is 4.78. The Morgan fingerprint density at radius 2 is 2.08 bits per heavy atom. The van der Waals surface area contributed by atoms with E-state index >= 15 is 0 Å². The normalized spacial score (nSPS) is 18.2. The summed E-state index contributed by atoms with van der Waals surface area (Å²) in [7, 11) is 0. The Hall–Kier alpha value is -3.02. The summed E-state index contributed by atoms with van der Waals surface area (Å²) in [4.78, 5) is 26.9. The average molecular weight is 352 g/mol. The van der Waals surface area contributed by atoms with Crippen LogP contribution in [0.15, 0.2) is 57.6 Å². The number of hydrogen-bond donors (Lipinski definition) is 1. The van der Waals surface area contributed by atoms with Crippen LogP contribution in [0.4, 0.5) is 0 Å². The second kappa shape index (κ2) is 6.71. The van der Waals surface area contributed by atoms with Crippen LogP contribution in [0.5, 0.6) is 0 Å². The first-order valence-corrected chi connectivity index (χ1v) is 8.77. The molecule has 1 aliphatic rings. The van der Waals surface area contributed by atoms with E-state index in [-0.39, 0.29) is 23.6 Å². The van der Waals surface area contributed by atoms with Gasteiger partial charge in [-0.05, 0) is 44.0 Å². The molecule has 26 heavy (non-hydrogen) atoms. The number of likely N-dealkylation sites (tertiary alicyclic amines) is 1. The number of amides is 2. The summed E-state index contributed by atoms with van der Waals surface area (Å²) in [6.45, 7) is 2.43. The molecule has 6 nitrogen and oxygen atoms in total. The van der Waals surface area contributed by atoms with Gasteiger partial charge < -0.3 is 19.1 Å². The molecule has 2 aromatic heterocycles. The number of furan rings is 2. The average Bonchev–Trinajstić information content (AvgIpc) is 3.40. The first-order valence-electron chi connectivity index (χ1n) is 8.77. The lowest BCUT2D eigenvalue weighted by molar-refractivity contribution is -0.125. The molecule has 0 saturated carbocycles. The monoisotopic (exact) mass is 352 g/mol. The fraction of sp³-hybridized carbons (Fsp3) is 0.300. The fourth-order valence-electron chi connectivity index (χ4n) is 3.42. The lowest BCUT2D eigenvalue weighted by Crippen LogP contribution is -2.46. The van der Waals surface area contributed by atoms with E-state index in [4.69, 9.17) is 8.83 Å². The molecule has 0 unspecified atom stereocenters. The van der Waals surface area contributed by atoms with Gasteiger partial charge in [-0.25, -0.2) is 0 Å². The highest BCUT2D eigenvalue weighted by Crippen LogP contribution is 2.25. The molecule has 1 saturated heterocycles. The molecule has 3 heterocycles. The largest absolute Gasteiger partial charge is 0.459 e. The van der Waals surface area contributed by atoms with Gasteiger partial charge in [0, 0.05) is 11.9 Å². The van der Waals surface area contributed by atoms with Crippen molar-refractivity contribution < 1.29 is 18.4 Å². The molecule has 0 bridgehead atoms. The number of benzene rings is 1. The summed E-state index contributed by atoms with van der Waals surface area (Å²) in [5.41, 5.74) is 0.791. The molecule has 1 aromatic carbocycles. The van der Waals surface area contributed by atoms with Gasteiger partial charge in [0.25, 0.3) is 5.91 Å². The van der Waals surface area contributed by atoms with Crippen LogP contribution < -0.4 is 5.32 Å². The van der Waals surface area contributed by atoms with E-state index < -0.39 is 6.04 Å². The van der Waals surface area contributed by atoms with Crippen molar-refractivity contribution in [2.75, 3.05) is 6.54 Å². The number of carbonyl (C=O) groups excluding carboxylic acids is 2. The van der Waals surface area contributed by atoms with Crippen molar-refractivity contribution in [2.24, 2.45) is 0 Å². The fourth-order valence-corrected chi connectivity index (χ4v) is 3.42. The Kier molecular flexibility index (Phi) is 4.24. The lowest BCUT2D eigenvalue weighted by atomic mass is 10.1. The molecule has 2 atom stereocenters. The minimum absolute atomic E-state index is 0.171. The third-order valence-corrected chi connectivity index (χ3v) is 4.78. The maximum atomic E-state index is 12.8. The number of hydrogen-bond acceptors (Lipinski definition) is 4. The highest BCUT2D eigenvalue weighted by Gasteiger charge is 2.36. The predicted octanol–water partition coefficient (Wildman–Crippen LogP) is 3.51. The van der Waals surface area contributed by atoms with Gasteiger partial charge in [-0.1, -0.05) is 18.2 Å². The Bertz CT molecular complexity index is 895. The summed E-state index contributed by atoms with van der Waals surface area (Å²) in [5.74, 6) is 0.538. The zero-order valence-corrected chi connectivity index (χ0v) is 14.5. The molecule has 134 valence electrons. The van der Waals surface area contributed by atoms with Gasteiger partial charge >= 0.3 is 0 Å². The number of rotatable bonds is 4. The van der Waals surface area contributed by atoms with Crippen LogP contribution in [-0.2, 0) is 4.79 Å². The maximum Gasteiger partial charge on any atom is 0.290 e. The number of para-hydroxylation sites is 1. The molecule has 6 heteroatoms. The van der Waals surface area contributed by atoms with E-state index in [9.17, 15) is 9.59 Å². The Morgan fingerprint density at radius 3 is 2.85 bits per heavy atom. The SMILES string of the molecule is C[C@H](NC(=O)[C@H]1CCCN1C(=O)c1ccco1)c1cc2ccccc2o1. The number of nitrogens with zero attached hydrogens (tertiary/aromatic N) is 1. The topological polar surface area (TPSA) is 75.7 Å². The van der Waals surface area contributed by atoms with Crippen LogP contribution in [0.1, 0.15) is 42.1 Å². The molecule has 1 fully saturated rings. The molecule has 1 N–H and O–H groups in total. The van der Waals surface area contributed by atoms with Gasteiger partial charge in [0.05, 0.1) is 12.3 Å². The molecule has 2 amide bonds. The second-order valence-corrected chi connectivity index (χ2v) is 6.55. The summed E-state index contributed by atoms with van der Waals surface area (Å²) in [5, 5.41) is 3.97. The molecule has 0 aliphatic carbocycles. The first-order chi connectivity index (χ1) is 12.6. The van der Waals surface area contributed by atoms with E-state index in [0.29, 0.717) is 18.7 Å². The quantitative estimate of drug-likeness (QED) is 0.780. The van der Waals surface area contributed by atoms with Gasteiger partial charge in [-0.2, -0.15) is 0 Å². The summed E-state index contributed by atoms with van der Waals surface area (Å²) in [6.07, 6.45) is 2.90. The van der Waals surface area contributed by atoms with Crippen molar-refractivity contribution >= 4 is 22.8 Å². The van der Waals surface area contributed by atoms with E-state index in [1.165, 1.54) is 6.26 Å². The molecule has 4 rings (SSSR count). The minimum atomic E-state index is -0.487. The molecule has 3 aromatic rings. The van der Waals surface area contributed by atoms with E-state index in [2.05, 4.69) is 5.32 Å². The van der Waals surface area contributed by atoms with Crippen LogP contribution in [0.2, 0.25) is 0 Å². The van der Waals surface area contributed by atoms with Crippen LogP contribution in [0, 0.1) is 0 Å². The summed E-state index contributed by atoms with van der Waals surface area (Å²) < 4.78 is 11.0. The van der Waals surface area contributed by atoms with Gasteiger partial charge in [0.15, 0.2) is 5.76 Å².